The van der Waals surface area contributed by atoms with Crippen molar-refractivity contribution in [3.63, 3.8) is 0 Å². The number of fused-ring (bicyclic) bond motifs is 1. The summed E-state index contributed by atoms with van der Waals surface area (Å²) in [6.45, 7) is 0.0526. The standard InChI is InChI=1S/C22H13ClN2O6/c23-13-3-1-12(2-4-13)17-8-6-15(31-17)10-16-20(26)24-22(28)25(21(16)27)14-5-7-18-19(9-14)30-11-29-18/h1-10H,11H2,(H,24,26,28)/b16-10+. The Labute approximate surface area is 180 Å². The van der Waals surface area contributed by atoms with Gasteiger partial charge in [0.25, 0.3) is 11.8 Å². The van der Waals surface area contributed by atoms with Crippen molar-refractivity contribution < 1.29 is 28.3 Å². The summed E-state index contributed by atoms with van der Waals surface area (Å²) in [6.07, 6.45) is 1.30. The van der Waals surface area contributed by atoms with Gasteiger partial charge in [-0.3, -0.25) is 14.9 Å². The van der Waals surface area contributed by atoms with Gasteiger partial charge in [0.1, 0.15) is 17.1 Å². The Morgan fingerprint density at radius 3 is 2.52 bits per heavy atom. The van der Waals surface area contributed by atoms with Gasteiger partial charge in [0.15, 0.2) is 11.5 Å². The van der Waals surface area contributed by atoms with Crippen molar-refractivity contribution in [3.05, 3.63) is 71.0 Å². The molecule has 31 heavy (non-hydrogen) atoms. The van der Waals surface area contributed by atoms with Crippen LogP contribution in [0.25, 0.3) is 17.4 Å². The largest absolute Gasteiger partial charge is 0.457 e. The third kappa shape index (κ3) is 3.43. The number of nitrogens with zero attached hydrogens (tertiary/aromatic N) is 1. The maximum absolute atomic E-state index is 13.0. The molecule has 5 rings (SSSR count). The minimum atomic E-state index is -0.854. The maximum atomic E-state index is 13.0. The van der Waals surface area contributed by atoms with Crippen LogP contribution in [0.4, 0.5) is 10.5 Å². The van der Waals surface area contributed by atoms with Crippen LogP contribution in [0, 0.1) is 0 Å². The molecule has 1 fully saturated rings. The van der Waals surface area contributed by atoms with Gasteiger partial charge in [-0.1, -0.05) is 11.6 Å². The summed E-state index contributed by atoms with van der Waals surface area (Å²) >= 11 is 5.90. The summed E-state index contributed by atoms with van der Waals surface area (Å²) in [5.41, 5.74) is 0.784. The summed E-state index contributed by atoms with van der Waals surface area (Å²) in [4.78, 5) is 38.6. The molecular weight excluding hydrogens is 424 g/mol. The van der Waals surface area contributed by atoms with Gasteiger partial charge in [-0.15, -0.1) is 0 Å². The first-order valence-electron chi connectivity index (χ1n) is 9.16. The number of benzene rings is 2. The van der Waals surface area contributed by atoms with Crippen LogP contribution >= 0.6 is 11.6 Å². The fourth-order valence-corrected chi connectivity index (χ4v) is 3.38. The molecule has 9 heteroatoms. The summed E-state index contributed by atoms with van der Waals surface area (Å²) < 4.78 is 16.3. The van der Waals surface area contributed by atoms with Crippen LogP contribution < -0.4 is 19.7 Å². The van der Waals surface area contributed by atoms with Crippen LogP contribution in [0.5, 0.6) is 11.5 Å². The van der Waals surface area contributed by atoms with Crippen molar-refractivity contribution in [3.8, 4) is 22.8 Å². The Morgan fingerprint density at radius 1 is 0.935 bits per heavy atom. The number of rotatable bonds is 3. The molecule has 2 aromatic carbocycles. The van der Waals surface area contributed by atoms with E-state index >= 15 is 0 Å². The number of carbonyl (C=O) groups excluding carboxylic acids is 3. The summed E-state index contributed by atoms with van der Waals surface area (Å²) in [7, 11) is 0. The molecule has 0 bridgehead atoms. The molecule has 0 radical (unpaired) electrons. The average Bonchev–Trinajstić information content (AvgIpc) is 3.40. The average molecular weight is 437 g/mol. The van der Waals surface area contributed by atoms with Gasteiger partial charge >= 0.3 is 6.03 Å². The highest BCUT2D eigenvalue weighted by atomic mass is 35.5. The molecule has 1 N–H and O–H groups in total. The van der Waals surface area contributed by atoms with E-state index in [2.05, 4.69) is 5.32 Å². The summed E-state index contributed by atoms with van der Waals surface area (Å²) in [5, 5.41) is 2.76. The topological polar surface area (TPSA) is 98.1 Å². The number of halogens is 1. The molecule has 0 spiro atoms. The number of furan rings is 1. The van der Waals surface area contributed by atoms with E-state index in [1.165, 1.54) is 18.2 Å². The molecule has 0 aliphatic carbocycles. The number of anilines is 1. The number of barbiturate groups is 1. The zero-order valence-electron chi connectivity index (χ0n) is 15.8. The predicted octanol–water partition coefficient (Wildman–Crippen LogP) is 4.00. The van der Waals surface area contributed by atoms with Crippen molar-refractivity contribution in [2.24, 2.45) is 0 Å². The number of ether oxygens (including phenoxy) is 2. The van der Waals surface area contributed by atoms with E-state index < -0.39 is 17.8 Å². The van der Waals surface area contributed by atoms with Gasteiger partial charge in [-0.25, -0.2) is 9.69 Å². The molecule has 0 saturated carbocycles. The Hall–Kier alpha value is -4.04. The second-order valence-electron chi connectivity index (χ2n) is 6.70. The molecule has 2 aliphatic heterocycles. The van der Waals surface area contributed by atoms with Gasteiger partial charge in [-0.05, 0) is 54.6 Å². The Balaban J connectivity index is 1.47. The highest BCUT2D eigenvalue weighted by molar-refractivity contribution is 6.39. The van der Waals surface area contributed by atoms with E-state index in [4.69, 9.17) is 25.5 Å². The molecule has 8 nitrogen and oxygen atoms in total. The van der Waals surface area contributed by atoms with Gasteiger partial charge in [0, 0.05) is 16.7 Å². The molecule has 1 aromatic heterocycles. The van der Waals surface area contributed by atoms with E-state index in [9.17, 15) is 14.4 Å². The lowest BCUT2D eigenvalue weighted by molar-refractivity contribution is -0.122. The minimum Gasteiger partial charge on any atom is -0.457 e. The molecule has 0 unspecified atom stereocenters. The molecule has 4 amide bonds. The summed E-state index contributed by atoms with van der Waals surface area (Å²) in [6, 6.07) is 14.1. The SMILES string of the molecule is O=C1NC(=O)N(c2ccc3c(c2)OCO3)C(=O)/C1=C/c1ccc(-c2ccc(Cl)cc2)o1. The number of hydrogen-bond donors (Lipinski definition) is 1. The van der Waals surface area contributed by atoms with Crippen LogP contribution in [0.1, 0.15) is 5.76 Å². The number of hydrogen-bond acceptors (Lipinski definition) is 6. The monoisotopic (exact) mass is 436 g/mol. The van der Waals surface area contributed by atoms with Crippen LogP contribution in [-0.4, -0.2) is 24.6 Å². The van der Waals surface area contributed by atoms with Crippen LogP contribution in [-0.2, 0) is 9.59 Å². The summed E-state index contributed by atoms with van der Waals surface area (Å²) in [5.74, 6) is 0.137. The van der Waals surface area contributed by atoms with E-state index in [1.807, 2.05) is 0 Å². The van der Waals surface area contributed by atoms with Gasteiger partial charge in [0.05, 0.1) is 5.69 Å². The highest BCUT2D eigenvalue weighted by Gasteiger charge is 2.37. The van der Waals surface area contributed by atoms with Crippen LogP contribution in [0.2, 0.25) is 5.02 Å². The van der Waals surface area contributed by atoms with Crippen molar-refractivity contribution in [1.82, 2.24) is 5.32 Å². The number of urea groups is 1. The number of imide groups is 2. The third-order valence-corrected chi connectivity index (χ3v) is 5.01. The first kappa shape index (κ1) is 19.0. The smallest absolute Gasteiger partial charge is 0.335 e. The van der Waals surface area contributed by atoms with E-state index in [0.29, 0.717) is 22.3 Å². The lowest BCUT2D eigenvalue weighted by Crippen LogP contribution is -2.54. The first-order chi connectivity index (χ1) is 15.0. The molecule has 1 saturated heterocycles. The lowest BCUT2D eigenvalue weighted by atomic mass is 10.1. The highest BCUT2D eigenvalue weighted by Crippen LogP contribution is 2.36. The Morgan fingerprint density at radius 2 is 1.71 bits per heavy atom. The molecular formula is C22H13ClN2O6. The van der Waals surface area contributed by atoms with Crippen molar-refractivity contribution >= 4 is 41.2 Å². The van der Waals surface area contributed by atoms with Gasteiger partial charge < -0.3 is 13.9 Å². The number of amides is 4. The fourth-order valence-electron chi connectivity index (χ4n) is 3.26. The van der Waals surface area contributed by atoms with Gasteiger partial charge in [0.2, 0.25) is 6.79 Å². The Bertz CT molecular complexity index is 1260. The van der Waals surface area contributed by atoms with E-state index in [1.54, 1.807) is 42.5 Å². The Kier molecular flexibility index (Phi) is 4.48. The fraction of sp³-hybridized carbons (Fsp3) is 0.0455. The lowest BCUT2D eigenvalue weighted by Gasteiger charge is -2.26. The molecule has 2 aliphatic rings. The first-order valence-corrected chi connectivity index (χ1v) is 9.54. The van der Waals surface area contributed by atoms with Crippen molar-refractivity contribution in [2.75, 3.05) is 11.7 Å². The zero-order chi connectivity index (χ0) is 21.5. The number of carbonyl (C=O) groups is 3. The van der Waals surface area contributed by atoms with Crippen molar-refractivity contribution in [1.29, 1.82) is 0 Å². The predicted molar refractivity (Wildman–Crippen MR) is 111 cm³/mol. The van der Waals surface area contributed by atoms with Crippen LogP contribution in [0.3, 0.4) is 0 Å². The van der Waals surface area contributed by atoms with Crippen LogP contribution in [0.15, 0.2) is 64.6 Å². The quantitative estimate of drug-likeness (QED) is 0.492. The van der Waals surface area contributed by atoms with Crippen molar-refractivity contribution in [2.45, 2.75) is 0 Å². The molecule has 3 aromatic rings. The molecule has 3 heterocycles. The van der Waals surface area contributed by atoms with E-state index in [0.717, 1.165) is 10.5 Å². The van der Waals surface area contributed by atoms with E-state index in [-0.39, 0.29) is 23.8 Å². The minimum absolute atomic E-state index is 0.0526. The normalized spacial score (nSPS) is 16.7. The number of nitrogens with one attached hydrogen (secondary N) is 1. The van der Waals surface area contributed by atoms with Gasteiger partial charge in [-0.2, -0.15) is 0 Å². The molecule has 0 atom stereocenters. The third-order valence-electron chi connectivity index (χ3n) is 4.76. The second-order valence-corrected chi connectivity index (χ2v) is 7.14. The molecule has 154 valence electrons. The second kappa shape index (κ2) is 7.33. The maximum Gasteiger partial charge on any atom is 0.335 e. The zero-order valence-corrected chi connectivity index (χ0v) is 16.5.